The number of hydrogen-bond acceptors (Lipinski definition) is 2. The maximum Gasteiger partial charge on any atom is 0.122 e. The van der Waals surface area contributed by atoms with Gasteiger partial charge in [-0.05, 0) is 67.3 Å². The molecule has 1 aliphatic rings. The van der Waals surface area contributed by atoms with Gasteiger partial charge >= 0.3 is 0 Å². The molecule has 158 valence electrons. The van der Waals surface area contributed by atoms with Gasteiger partial charge in [0, 0.05) is 29.2 Å². The number of H-pyrrole nitrogens is 1. The standard InChI is InChI=1S/C24H30N2O.2ClH/c1-3-19(13-12-18-16-25-23-9-5-4-8-21(18)23)26-20-14-11-17-7-6-10-24(27-2)22(17)15-20;;/h4-10,16,19-20,25-26H,3,11-15H2,1-2H3;2*1H. The molecule has 0 radical (unpaired) electrons. The summed E-state index contributed by atoms with van der Waals surface area (Å²) >= 11 is 0. The van der Waals surface area contributed by atoms with E-state index in [4.69, 9.17) is 4.74 Å². The van der Waals surface area contributed by atoms with Gasteiger partial charge in [0.05, 0.1) is 7.11 Å². The molecule has 4 rings (SSSR count). The second-order valence-electron chi connectivity index (χ2n) is 7.71. The molecule has 5 heteroatoms. The van der Waals surface area contributed by atoms with Crippen LogP contribution < -0.4 is 10.1 Å². The average molecular weight is 435 g/mol. The van der Waals surface area contributed by atoms with Crippen molar-refractivity contribution in [1.29, 1.82) is 0 Å². The molecule has 29 heavy (non-hydrogen) atoms. The van der Waals surface area contributed by atoms with Crippen LogP contribution in [0.3, 0.4) is 0 Å². The Morgan fingerprint density at radius 3 is 2.76 bits per heavy atom. The summed E-state index contributed by atoms with van der Waals surface area (Å²) in [5, 5.41) is 5.31. The van der Waals surface area contributed by atoms with E-state index >= 15 is 0 Å². The third kappa shape index (κ3) is 5.28. The fourth-order valence-corrected chi connectivity index (χ4v) is 4.50. The molecule has 0 amide bonds. The number of benzene rings is 2. The maximum atomic E-state index is 5.60. The minimum absolute atomic E-state index is 0. The van der Waals surface area contributed by atoms with Gasteiger partial charge in [-0.1, -0.05) is 37.3 Å². The van der Waals surface area contributed by atoms with Gasteiger partial charge in [-0.2, -0.15) is 0 Å². The van der Waals surface area contributed by atoms with E-state index in [0.29, 0.717) is 12.1 Å². The van der Waals surface area contributed by atoms with Crippen LogP contribution in [0.25, 0.3) is 10.9 Å². The lowest BCUT2D eigenvalue weighted by Crippen LogP contribution is -2.41. The fraction of sp³-hybridized carbons (Fsp3) is 0.417. The van der Waals surface area contributed by atoms with E-state index in [2.05, 4.69) is 65.9 Å². The van der Waals surface area contributed by atoms with E-state index < -0.39 is 0 Å². The molecule has 3 aromatic rings. The lowest BCUT2D eigenvalue weighted by atomic mass is 9.87. The molecule has 2 N–H and O–H groups in total. The first-order valence-corrected chi connectivity index (χ1v) is 10.2. The number of methoxy groups -OCH3 is 1. The Morgan fingerprint density at radius 2 is 1.97 bits per heavy atom. The number of aromatic nitrogens is 1. The molecule has 3 nitrogen and oxygen atoms in total. The molecule has 2 atom stereocenters. The number of para-hydroxylation sites is 1. The first-order valence-electron chi connectivity index (χ1n) is 10.2. The SMILES string of the molecule is CCC(CCc1c[nH]c2ccccc12)NC1CCc2cccc(OC)c2C1.Cl.Cl. The molecule has 1 aromatic heterocycles. The largest absolute Gasteiger partial charge is 0.496 e. The van der Waals surface area contributed by atoms with Crippen LogP contribution in [0.2, 0.25) is 0 Å². The molecule has 2 unspecified atom stereocenters. The third-order valence-electron chi connectivity index (χ3n) is 6.06. The number of halogens is 2. The van der Waals surface area contributed by atoms with Crippen molar-refractivity contribution in [2.75, 3.05) is 7.11 Å². The molecule has 0 saturated carbocycles. The van der Waals surface area contributed by atoms with Gasteiger partial charge < -0.3 is 15.0 Å². The Hall–Kier alpha value is -1.68. The molecule has 1 aliphatic carbocycles. The highest BCUT2D eigenvalue weighted by atomic mass is 35.5. The van der Waals surface area contributed by atoms with Crippen molar-refractivity contribution in [1.82, 2.24) is 10.3 Å². The summed E-state index contributed by atoms with van der Waals surface area (Å²) in [6.45, 7) is 2.30. The topological polar surface area (TPSA) is 37.0 Å². The lowest BCUT2D eigenvalue weighted by molar-refractivity contribution is 0.359. The predicted octanol–water partition coefficient (Wildman–Crippen LogP) is 5.88. The van der Waals surface area contributed by atoms with E-state index in [1.165, 1.54) is 40.4 Å². The highest BCUT2D eigenvalue weighted by Gasteiger charge is 2.23. The number of fused-ring (bicyclic) bond motifs is 2. The van der Waals surface area contributed by atoms with Crippen molar-refractivity contribution in [3.8, 4) is 5.75 Å². The molecule has 1 heterocycles. The van der Waals surface area contributed by atoms with Crippen LogP contribution >= 0.6 is 24.8 Å². The van der Waals surface area contributed by atoms with Gasteiger partial charge in [-0.15, -0.1) is 24.8 Å². The fourth-order valence-electron chi connectivity index (χ4n) is 4.50. The summed E-state index contributed by atoms with van der Waals surface area (Å²) in [5.41, 5.74) is 5.53. The summed E-state index contributed by atoms with van der Waals surface area (Å²) in [6.07, 6.45) is 9.06. The van der Waals surface area contributed by atoms with Crippen molar-refractivity contribution < 1.29 is 4.74 Å². The monoisotopic (exact) mass is 434 g/mol. The second-order valence-corrected chi connectivity index (χ2v) is 7.71. The third-order valence-corrected chi connectivity index (χ3v) is 6.06. The second kappa shape index (κ2) is 10.9. The molecular formula is C24H32Cl2N2O. The molecule has 2 aromatic carbocycles. The normalized spacial score (nSPS) is 16.4. The first kappa shape index (κ1) is 23.6. The van der Waals surface area contributed by atoms with Crippen LogP contribution in [0.15, 0.2) is 48.7 Å². The van der Waals surface area contributed by atoms with Gasteiger partial charge in [0.15, 0.2) is 0 Å². The van der Waals surface area contributed by atoms with Crippen molar-refractivity contribution in [3.05, 3.63) is 65.4 Å². The molecule has 0 spiro atoms. The number of rotatable bonds is 7. The van der Waals surface area contributed by atoms with Crippen molar-refractivity contribution in [2.24, 2.45) is 0 Å². The van der Waals surface area contributed by atoms with Crippen molar-refractivity contribution in [2.45, 2.75) is 57.5 Å². The van der Waals surface area contributed by atoms with Crippen LogP contribution in [0.4, 0.5) is 0 Å². The van der Waals surface area contributed by atoms with Crippen LogP contribution in [0.1, 0.15) is 42.9 Å². The summed E-state index contributed by atoms with van der Waals surface area (Å²) in [7, 11) is 1.78. The van der Waals surface area contributed by atoms with E-state index in [1.807, 2.05) is 0 Å². The zero-order valence-electron chi connectivity index (χ0n) is 17.2. The minimum atomic E-state index is 0. The highest BCUT2D eigenvalue weighted by molar-refractivity contribution is 5.85. The van der Waals surface area contributed by atoms with E-state index in [0.717, 1.165) is 31.4 Å². The number of ether oxygens (including phenoxy) is 1. The molecular weight excluding hydrogens is 403 g/mol. The Kier molecular flexibility index (Phi) is 8.88. The van der Waals surface area contributed by atoms with Gasteiger partial charge in [-0.25, -0.2) is 0 Å². The number of aryl methyl sites for hydroxylation is 2. The first-order chi connectivity index (χ1) is 13.3. The maximum absolute atomic E-state index is 5.60. The van der Waals surface area contributed by atoms with E-state index in [9.17, 15) is 0 Å². The Bertz CT molecular complexity index is 895. The van der Waals surface area contributed by atoms with Gasteiger partial charge in [0.2, 0.25) is 0 Å². The van der Waals surface area contributed by atoms with Crippen molar-refractivity contribution >= 4 is 35.7 Å². The predicted molar refractivity (Wildman–Crippen MR) is 127 cm³/mol. The number of aromatic amines is 1. The van der Waals surface area contributed by atoms with Gasteiger partial charge in [-0.3, -0.25) is 0 Å². The van der Waals surface area contributed by atoms with Crippen LogP contribution in [0.5, 0.6) is 5.75 Å². The minimum Gasteiger partial charge on any atom is -0.496 e. The number of hydrogen-bond donors (Lipinski definition) is 2. The molecule has 0 saturated heterocycles. The number of nitrogens with one attached hydrogen (secondary N) is 2. The average Bonchev–Trinajstić information content (AvgIpc) is 3.13. The summed E-state index contributed by atoms with van der Waals surface area (Å²) in [4.78, 5) is 3.40. The highest BCUT2D eigenvalue weighted by Crippen LogP contribution is 2.30. The smallest absolute Gasteiger partial charge is 0.122 e. The summed E-state index contributed by atoms with van der Waals surface area (Å²) < 4.78 is 5.60. The van der Waals surface area contributed by atoms with Crippen LogP contribution in [-0.2, 0) is 19.3 Å². The Balaban J connectivity index is 0.00000150. The molecule has 0 aliphatic heterocycles. The zero-order valence-corrected chi connectivity index (χ0v) is 18.9. The quantitative estimate of drug-likeness (QED) is 0.486. The zero-order chi connectivity index (χ0) is 18.6. The van der Waals surface area contributed by atoms with Crippen LogP contribution in [-0.4, -0.2) is 24.2 Å². The van der Waals surface area contributed by atoms with E-state index in [-0.39, 0.29) is 24.8 Å². The molecule has 0 fully saturated rings. The summed E-state index contributed by atoms with van der Waals surface area (Å²) in [5.74, 6) is 1.05. The Labute approximate surface area is 186 Å². The van der Waals surface area contributed by atoms with Crippen LogP contribution in [0, 0.1) is 0 Å². The summed E-state index contributed by atoms with van der Waals surface area (Å²) in [6, 6.07) is 16.2. The lowest BCUT2D eigenvalue weighted by Gasteiger charge is -2.30. The van der Waals surface area contributed by atoms with Crippen molar-refractivity contribution in [3.63, 3.8) is 0 Å². The van der Waals surface area contributed by atoms with E-state index in [1.54, 1.807) is 7.11 Å². The van der Waals surface area contributed by atoms with Gasteiger partial charge in [0.25, 0.3) is 0 Å². The molecule has 0 bridgehead atoms. The van der Waals surface area contributed by atoms with Gasteiger partial charge in [0.1, 0.15) is 5.75 Å². The Morgan fingerprint density at radius 1 is 1.14 bits per heavy atom.